The monoisotopic (exact) mass is 294 g/mol. The lowest BCUT2D eigenvalue weighted by Gasteiger charge is -2.32. The molecule has 0 amide bonds. The first kappa shape index (κ1) is 14.9. The van der Waals surface area contributed by atoms with Gasteiger partial charge in [0.25, 0.3) is 0 Å². The van der Waals surface area contributed by atoms with Crippen molar-refractivity contribution in [1.29, 1.82) is 0 Å². The molecule has 0 atom stereocenters. The maximum absolute atomic E-state index is 10.9. The Labute approximate surface area is 132 Å². The first-order valence-corrected chi connectivity index (χ1v) is 7.80. The Morgan fingerprint density at radius 2 is 1.64 bits per heavy atom. The Balaban J connectivity index is 1.76. The van der Waals surface area contributed by atoms with Crippen LogP contribution in [0, 0.1) is 0 Å². The standard InChI is InChI=1S/C19H22N2O/c1-20-8-10-21(11-9-20)14-16-4-2-6-18(12-16)19-7-3-5-17(13-19)15-22/h2-7,12-13,15H,8-11,14H2,1H3. The first-order valence-electron chi connectivity index (χ1n) is 7.80. The van der Waals surface area contributed by atoms with E-state index in [1.54, 1.807) is 0 Å². The van der Waals surface area contributed by atoms with E-state index in [-0.39, 0.29) is 0 Å². The summed E-state index contributed by atoms with van der Waals surface area (Å²) in [4.78, 5) is 15.8. The van der Waals surface area contributed by atoms with E-state index in [1.165, 1.54) is 11.1 Å². The molecule has 1 saturated heterocycles. The Morgan fingerprint density at radius 3 is 2.36 bits per heavy atom. The third-order valence-electron chi connectivity index (χ3n) is 4.29. The molecule has 0 saturated carbocycles. The molecule has 22 heavy (non-hydrogen) atoms. The number of carbonyl (C=O) groups is 1. The van der Waals surface area contributed by atoms with Gasteiger partial charge < -0.3 is 4.90 Å². The van der Waals surface area contributed by atoms with Gasteiger partial charge in [0, 0.05) is 38.3 Å². The highest BCUT2D eigenvalue weighted by atomic mass is 16.1. The molecule has 0 aliphatic carbocycles. The van der Waals surface area contributed by atoms with Crippen molar-refractivity contribution in [2.75, 3.05) is 33.2 Å². The van der Waals surface area contributed by atoms with Crippen LogP contribution in [0.3, 0.4) is 0 Å². The highest BCUT2D eigenvalue weighted by Gasteiger charge is 2.13. The summed E-state index contributed by atoms with van der Waals surface area (Å²) in [5.74, 6) is 0. The molecule has 1 fully saturated rings. The van der Waals surface area contributed by atoms with Crippen LogP contribution in [-0.2, 0) is 6.54 Å². The van der Waals surface area contributed by atoms with E-state index in [1.807, 2.05) is 18.2 Å². The summed E-state index contributed by atoms with van der Waals surface area (Å²) in [6.07, 6.45) is 0.900. The van der Waals surface area contributed by atoms with Crippen LogP contribution in [0.5, 0.6) is 0 Å². The molecule has 0 radical (unpaired) electrons. The van der Waals surface area contributed by atoms with Crippen molar-refractivity contribution in [3.8, 4) is 11.1 Å². The molecule has 3 nitrogen and oxygen atoms in total. The molecule has 114 valence electrons. The molecule has 1 aliphatic rings. The Kier molecular flexibility index (Phi) is 4.66. The number of likely N-dealkylation sites (N-methyl/N-ethyl adjacent to an activating group) is 1. The molecular weight excluding hydrogens is 272 g/mol. The van der Waals surface area contributed by atoms with E-state index >= 15 is 0 Å². The van der Waals surface area contributed by atoms with Gasteiger partial charge in [0.1, 0.15) is 6.29 Å². The second-order valence-corrected chi connectivity index (χ2v) is 6.02. The zero-order valence-corrected chi connectivity index (χ0v) is 13.0. The maximum atomic E-state index is 10.9. The summed E-state index contributed by atoms with van der Waals surface area (Å²) >= 11 is 0. The number of piperazine rings is 1. The summed E-state index contributed by atoms with van der Waals surface area (Å²) < 4.78 is 0. The molecule has 0 unspecified atom stereocenters. The summed E-state index contributed by atoms with van der Waals surface area (Å²) in [5, 5.41) is 0. The lowest BCUT2D eigenvalue weighted by atomic mass is 10.0. The van der Waals surface area contributed by atoms with Crippen LogP contribution in [0.1, 0.15) is 15.9 Å². The largest absolute Gasteiger partial charge is 0.304 e. The van der Waals surface area contributed by atoms with Gasteiger partial charge in [-0.3, -0.25) is 9.69 Å². The van der Waals surface area contributed by atoms with Gasteiger partial charge in [0.2, 0.25) is 0 Å². The second-order valence-electron chi connectivity index (χ2n) is 6.02. The molecule has 1 aliphatic heterocycles. The van der Waals surface area contributed by atoms with Crippen LogP contribution in [0.2, 0.25) is 0 Å². The van der Waals surface area contributed by atoms with Crippen LogP contribution in [-0.4, -0.2) is 49.3 Å². The molecule has 3 heteroatoms. The average molecular weight is 294 g/mol. The topological polar surface area (TPSA) is 23.6 Å². The minimum absolute atomic E-state index is 0.724. The molecule has 0 N–H and O–H groups in total. The third-order valence-corrected chi connectivity index (χ3v) is 4.29. The average Bonchev–Trinajstić information content (AvgIpc) is 2.57. The van der Waals surface area contributed by atoms with Crippen LogP contribution in [0.4, 0.5) is 0 Å². The van der Waals surface area contributed by atoms with Gasteiger partial charge in [0.15, 0.2) is 0 Å². The Hall–Kier alpha value is -1.97. The van der Waals surface area contributed by atoms with Crippen molar-refractivity contribution in [1.82, 2.24) is 9.80 Å². The van der Waals surface area contributed by atoms with E-state index < -0.39 is 0 Å². The molecule has 2 aromatic carbocycles. The maximum Gasteiger partial charge on any atom is 0.150 e. The fourth-order valence-electron chi connectivity index (χ4n) is 2.90. The van der Waals surface area contributed by atoms with Crippen molar-refractivity contribution in [2.45, 2.75) is 6.54 Å². The molecule has 1 heterocycles. The van der Waals surface area contributed by atoms with E-state index in [9.17, 15) is 4.79 Å². The van der Waals surface area contributed by atoms with Gasteiger partial charge in [-0.25, -0.2) is 0 Å². The van der Waals surface area contributed by atoms with Gasteiger partial charge in [-0.2, -0.15) is 0 Å². The lowest BCUT2D eigenvalue weighted by molar-refractivity contribution is 0.112. The summed E-state index contributed by atoms with van der Waals surface area (Å²) in [7, 11) is 2.18. The van der Waals surface area contributed by atoms with E-state index in [4.69, 9.17) is 0 Å². The van der Waals surface area contributed by atoms with Crippen molar-refractivity contribution in [3.63, 3.8) is 0 Å². The van der Waals surface area contributed by atoms with E-state index in [0.29, 0.717) is 0 Å². The van der Waals surface area contributed by atoms with Crippen LogP contribution >= 0.6 is 0 Å². The number of carbonyl (C=O) groups excluding carboxylic acids is 1. The highest BCUT2D eigenvalue weighted by Crippen LogP contribution is 2.22. The number of rotatable bonds is 4. The van der Waals surface area contributed by atoms with Gasteiger partial charge in [-0.05, 0) is 35.9 Å². The van der Waals surface area contributed by atoms with Gasteiger partial charge in [-0.15, -0.1) is 0 Å². The zero-order chi connectivity index (χ0) is 15.4. The van der Waals surface area contributed by atoms with Crippen LogP contribution in [0.15, 0.2) is 48.5 Å². The molecule has 0 spiro atoms. The summed E-state index contributed by atoms with van der Waals surface area (Å²) in [6.45, 7) is 5.53. The highest BCUT2D eigenvalue weighted by molar-refractivity contribution is 5.78. The Bertz CT molecular complexity index is 645. The van der Waals surface area contributed by atoms with Crippen LogP contribution in [0.25, 0.3) is 11.1 Å². The van der Waals surface area contributed by atoms with Gasteiger partial charge in [0.05, 0.1) is 0 Å². The van der Waals surface area contributed by atoms with E-state index in [0.717, 1.165) is 50.1 Å². The van der Waals surface area contributed by atoms with Gasteiger partial charge >= 0.3 is 0 Å². The zero-order valence-electron chi connectivity index (χ0n) is 13.0. The number of aldehydes is 1. The number of hydrogen-bond donors (Lipinski definition) is 0. The minimum atomic E-state index is 0.724. The number of nitrogens with zero attached hydrogens (tertiary/aromatic N) is 2. The molecular formula is C19H22N2O. The van der Waals surface area contributed by atoms with E-state index in [2.05, 4.69) is 47.2 Å². The fraction of sp³-hybridized carbons (Fsp3) is 0.316. The predicted octanol–water partition coefficient (Wildman–Crippen LogP) is 2.91. The smallest absolute Gasteiger partial charge is 0.150 e. The normalized spacial score (nSPS) is 16.6. The predicted molar refractivity (Wildman–Crippen MR) is 90.0 cm³/mol. The number of benzene rings is 2. The minimum Gasteiger partial charge on any atom is -0.304 e. The molecule has 3 rings (SSSR count). The Morgan fingerprint density at radius 1 is 0.955 bits per heavy atom. The van der Waals surface area contributed by atoms with Crippen molar-refractivity contribution in [3.05, 3.63) is 59.7 Å². The first-order chi connectivity index (χ1) is 10.7. The quantitative estimate of drug-likeness (QED) is 0.810. The molecule has 0 aromatic heterocycles. The molecule has 0 bridgehead atoms. The van der Waals surface area contributed by atoms with Crippen LogP contribution < -0.4 is 0 Å². The number of hydrogen-bond acceptors (Lipinski definition) is 3. The lowest BCUT2D eigenvalue weighted by Crippen LogP contribution is -2.43. The van der Waals surface area contributed by atoms with Crippen molar-refractivity contribution < 1.29 is 4.79 Å². The summed E-state index contributed by atoms with van der Waals surface area (Å²) in [5.41, 5.74) is 4.33. The fourth-order valence-corrected chi connectivity index (χ4v) is 2.90. The summed E-state index contributed by atoms with van der Waals surface area (Å²) in [6, 6.07) is 16.4. The van der Waals surface area contributed by atoms with Gasteiger partial charge in [-0.1, -0.05) is 36.4 Å². The molecule has 2 aromatic rings. The SMILES string of the molecule is CN1CCN(Cc2cccc(-c3cccc(C=O)c3)c2)CC1. The second kappa shape index (κ2) is 6.86. The third kappa shape index (κ3) is 3.62. The van der Waals surface area contributed by atoms with Crippen molar-refractivity contribution >= 4 is 6.29 Å². The van der Waals surface area contributed by atoms with Crippen molar-refractivity contribution in [2.24, 2.45) is 0 Å².